The number of anilines is 2. The summed E-state index contributed by atoms with van der Waals surface area (Å²) in [6.07, 6.45) is 6.06. The van der Waals surface area contributed by atoms with Crippen molar-refractivity contribution < 1.29 is 5.11 Å². The highest BCUT2D eigenvalue weighted by Crippen LogP contribution is 2.23. The number of rotatable bonds is 5. The van der Waals surface area contributed by atoms with Crippen molar-refractivity contribution in [1.82, 2.24) is 14.8 Å². The molecule has 2 aromatic heterocycles. The highest BCUT2D eigenvalue weighted by Gasteiger charge is 2.18. The largest absolute Gasteiger partial charge is 0.396 e. The Morgan fingerprint density at radius 1 is 1.30 bits per heavy atom. The molecule has 6 heteroatoms. The second kappa shape index (κ2) is 7.00. The number of aryl methyl sites for hydroxylation is 2. The molecule has 1 fully saturated rings. The molecule has 0 unspecified atom stereocenters. The maximum absolute atomic E-state index is 9.21. The van der Waals surface area contributed by atoms with Crippen LogP contribution in [0.15, 0.2) is 24.5 Å². The van der Waals surface area contributed by atoms with E-state index in [0.29, 0.717) is 12.5 Å². The first-order chi connectivity index (χ1) is 11.2. The van der Waals surface area contributed by atoms with E-state index < -0.39 is 0 Å². The maximum Gasteiger partial charge on any atom is 0.126 e. The van der Waals surface area contributed by atoms with Crippen LogP contribution >= 0.6 is 0 Å². The lowest BCUT2D eigenvalue weighted by atomic mass is 9.98. The lowest BCUT2D eigenvalue weighted by Crippen LogP contribution is -2.34. The van der Waals surface area contributed by atoms with Crippen LogP contribution in [0.25, 0.3) is 0 Å². The minimum atomic E-state index is 0.308. The van der Waals surface area contributed by atoms with E-state index in [1.54, 1.807) is 0 Å². The second-order valence-corrected chi connectivity index (χ2v) is 6.28. The molecule has 124 valence electrons. The summed E-state index contributed by atoms with van der Waals surface area (Å²) in [5.41, 5.74) is 3.39. The van der Waals surface area contributed by atoms with Gasteiger partial charge in [0.25, 0.3) is 0 Å². The van der Waals surface area contributed by atoms with E-state index in [9.17, 15) is 5.11 Å². The molecule has 3 rings (SSSR count). The highest BCUT2D eigenvalue weighted by atomic mass is 16.3. The molecule has 1 aliphatic heterocycles. The zero-order chi connectivity index (χ0) is 16.2. The fourth-order valence-electron chi connectivity index (χ4n) is 3.06. The number of piperidine rings is 1. The molecule has 6 nitrogen and oxygen atoms in total. The summed E-state index contributed by atoms with van der Waals surface area (Å²) < 4.78 is 1.83. The van der Waals surface area contributed by atoms with Gasteiger partial charge in [-0.3, -0.25) is 4.68 Å². The van der Waals surface area contributed by atoms with Crippen LogP contribution in [0.1, 0.15) is 24.1 Å². The molecule has 2 N–H and O–H groups in total. The van der Waals surface area contributed by atoms with Crippen molar-refractivity contribution in [3.05, 3.63) is 35.8 Å². The lowest BCUT2D eigenvalue weighted by Gasteiger charge is -2.32. The van der Waals surface area contributed by atoms with E-state index in [0.717, 1.165) is 49.7 Å². The van der Waals surface area contributed by atoms with Crippen molar-refractivity contribution >= 4 is 11.5 Å². The van der Waals surface area contributed by atoms with E-state index >= 15 is 0 Å². The van der Waals surface area contributed by atoms with Crippen molar-refractivity contribution in [1.29, 1.82) is 0 Å². The highest BCUT2D eigenvalue weighted by molar-refractivity contribution is 5.50. The van der Waals surface area contributed by atoms with Gasteiger partial charge in [-0.25, -0.2) is 4.98 Å². The minimum Gasteiger partial charge on any atom is -0.396 e. The number of aromatic nitrogens is 3. The van der Waals surface area contributed by atoms with Gasteiger partial charge in [-0.1, -0.05) is 0 Å². The third-order valence-electron chi connectivity index (χ3n) is 4.56. The van der Waals surface area contributed by atoms with Gasteiger partial charge in [0.05, 0.1) is 17.6 Å². The summed E-state index contributed by atoms with van der Waals surface area (Å²) in [6, 6.07) is 4.14. The van der Waals surface area contributed by atoms with Crippen molar-refractivity contribution in [2.75, 3.05) is 29.9 Å². The van der Waals surface area contributed by atoms with Crippen molar-refractivity contribution in [2.24, 2.45) is 13.0 Å². The molecule has 0 amide bonds. The standard InChI is InChI=1S/C17H25N5O/c1-13-15(11-21(2)20-13)9-18-17-4-3-16(10-19-17)22-7-5-14(12-23)6-8-22/h3-4,10-11,14,23H,5-9,12H2,1-2H3,(H,18,19). The molecule has 0 atom stereocenters. The summed E-state index contributed by atoms with van der Waals surface area (Å²) in [6.45, 7) is 5.04. The van der Waals surface area contributed by atoms with E-state index in [2.05, 4.69) is 26.4 Å². The summed E-state index contributed by atoms with van der Waals surface area (Å²) in [5, 5.41) is 16.9. The van der Waals surface area contributed by atoms with Crippen molar-refractivity contribution in [3.63, 3.8) is 0 Å². The molecule has 23 heavy (non-hydrogen) atoms. The zero-order valence-electron chi connectivity index (χ0n) is 13.9. The Morgan fingerprint density at radius 2 is 2.09 bits per heavy atom. The van der Waals surface area contributed by atoms with E-state index in [4.69, 9.17) is 0 Å². The van der Waals surface area contributed by atoms with Gasteiger partial charge in [-0.05, 0) is 37.8 Å². The predicted octanol–water partition coefficient (Wildman–Crippen LogP) is 1.94. The normalized spacial score (nSPS) is 15.9. The van der Waals surface area contributed by atoms with Gasteiger partial charge >= 0.3 is 0 Å². The Hall–Kier alpha value is -2.08. The van der Waals surface area contributed by atoms with Crippen LogP contribution in [-0.2, 0) is 13.6 Å². The Kier molecular flexibility index (Phi) is 4.81. The number of aliphatic hydroxyl groups excluding tert-OH is 1. The number of aliphatic hydroxyl groups is 1. The van der Waals surface area contributed by atoms with Gasteiger partial charge in [0.15, 0.2) is 0 Å². The number of hydrogen-bond acceptors (Lipinski definition) is 5. The molecule has 1 aliphatic rings. The van der Waals surface area contributed by atoms with Crippen LogP contribution in [0.3, 0.4) is 0 Å². The molecule has 0 aliphatic carbocycles. The summed E-state index contributed by atoms with van der Waals surface area (Å²) >= 11 is 0. The molecule has 2 aromatic rings. The van der Waals surface area contributed by atoms with Crippen LogP contribution in [0.5, 0.6) is 0 Å². The predicted molar refractivity (Wildman–Crippen MR) is 91.5 cm³/mol. The third-order valence-corrected chi connectivity index (χ3v) is 4.56. The van der Waals surface area contributed by atoms with Crippen molar-refractivity contribution in [2.45, 2.75) is 26.3 Å². The molecule has 0 radical (unpaired) electrons. The molecule has 3 heterocycles. The quantitative estimate of drug-likeness (QED) is 0.883. The Labute approximate surface area is 137 Å². The summed E-state index contributed by atoms with van der Waals surface area (Å²) in [7, 11) is 1.93. The van der Waals surface area contributed by atoms with Crippen molar-refractivity contribution in [3.8, 4) is 0 Å². The first-order valence-corrected chi connectivity index (χ1v) is 8.20. The first-order valence-electron chi connectivity index (χ1n) is 8.20. The van der Waals surface area contributed by atoms with Gasteiger partial charge in [-0.15, -0.1) is 0 Å². The number of hydrogen-bond donors (Lipinski definition) is 2. The molecule has 0 spiro atoms. The number of nitrogens with one attached hydrogen (secondary N) is 1. The SMILES string of the molecule is Cc1nn(C)cc1CNc1ccc(N2CCC(CO)CC2)cn1. The summed E-state index contributed by atoms with van der Waals surface area (Å²) in [5.74, 6) is 1.34. The summed E-state index contributed by atoms with van der Waals surface area (Å²) in [4.78, 5) is 6.86. The Balaban J connectivity index is 1.56. The smallest absolute Gasteiger partial charge is 0.126 e. The van der Waals surface area contributed by atoms with Gasteiger partial charge in [0, 0.05) is 45.0 Å². The van der Waals surface area contributed by atoms with E-state index in [1.165, 1.54) is 5.56 Å². The average molecular weight is 315 g/mol. The molecular formula is C17H25N5O. The number of pyridine rings is 1. The van der Waals surface area contributed by atoms with E-state index in [-0.39, 0.29) is 0 Å². The molecule has 0 bridgehead atoms. The molecule has 1 saturated heterocycles. The minimum absolute atomic E-state index is 0.308. The van der Waals surface area contributed by atoms with E-state index in [1.807, 2.05) is 37.1 Å². The fourth-order valence-corrected chi connectivity index (χ4v) is 3.06. The number of nitrogens with zero attached hydrogens (tertiary/aromatic N) is 4. The zero-order valence-corrected chi connectivity index (χ0v) is 13.9. The molecular weight excluding hydrogens is 290 g/mol. The fraction of sp³-hybridized carbons (Fsp3) is 0.529. The second-order valence-electron chi connectivity index (χ2n) is 6.28. The van der Waals surface area contributed by atoms with Gasteiger partial charge in [0.1, 0.15) is 5.82 Å². The topological polar surface area (TPSA) is 66.2 Å². The van der Waals surface area contributed by atoms with Crippen LogP contribution in [-0.4, -0.2) is 39.6 Å². The third kappa shape index (κ3) is 3.82. The molecule has 0 aromatic carbocycles. The van der Waals surface area contributed by atoms with Gasteiger partial charge in [-0.2, -0.15) is 5.10 Å². The first kappa shape index (κ1) is 15.8. The van der Waals surface area contributed by atoms with Gasteiger partial charge in [0.2, 0.25) is 0 Å². The maximum atomic E-state index is 9.21. The average Bonchev–Trinajstić information content (AvgIpc) is 2.91. The Bertz CT molecular complexity index is 629. The lowest BCUT2D eigenvalue weighted by molar-refractivity contribution is 0.203. The molecule has 0 saturated carbocycles. The van der Waals surface area contributed by atoms with Crippen LogP contribution < -0.4 is 10.2 Å². The van der Waals surface area contributed by atoms with Crippen LogP contribution in [0, 0.1) is 12.8 Å². The van der Waals surface area contributed by atoms with Crippen LogP contribution in [0.2, 0.25) is 0 Å². The monoisotopic (exact) mass is 315 g/mol. The van der Waals surface area contributed by atoms with Crippen LogP contribution in [0.4, 0.5) is 11.5 Å². The van der Waals surface area contributed by atoms with Gasteiger partial charge < -0.3 is 15.3 Å². The Morgan fingerprint density at radius 3 is 2.65 bits per heavy atom.